The zero-order valence-electron chi connectivity index (χ0n) is 18.4. The van der Waals surface area contributed by atoms with E-state index in [0.29, 0.717) is 31.2 Å². The molecule has 1 aliphatic heterocycles. The zero-order valence-corrected chi connectivity index (χ0v) is 19.2. The predicted octanol–water partition coefficient (Wildman–Crippen LogP) is 3.17. The Morgan fingerprint density at radius 1 is 1.23 bits per heavy atom. The molecule has 6 nitrogen and oxygen atoms in total. The summed E-state index contributed by atoms with van der Waals surface area (Å²) in [6.45, 7) is 7.35. The monoisotopic (exact) mass is 443 g/mol. The van der Waals surface area contributed by atoms with Crippen LogP contribution in [0.1, 0.15) is 30.0 Å². The predicted molar refractivity (Wildman–Crippen MR) is 127 cm³/mol. The van der Waals surface area contributed by atoms with E-state index in [9.17, 15) is 4.21 Å². The molecule has 31 heavy (non-hydrogen) atoms. The molecule has 1 saturated heterocycles. The number of rotatable bonds is 10. The first-order chi connectivity index (χ1) is 15.1. The highest BCUT2D eigenvalue weighted by Gasteiger charge is 2.18. The number of ether oxygens (including phenoxy) is 2. The van der Waals surface area contributed by atoms with E-state index in [-0.39, 0.29) is 6.10 Å². The van der Waals surface area contributed by atoms with Crippen molar-refractivity contribution in [2.45, 2.75) is 38.7 Å². The van der Waals surface area contributed by atoms with Crippen LogP contribution in [-0.4, -0.2) is 48.3 Å². The second kappa shape index (κ2) is 12.5. The van der Waals surface area contributed by atoms with Crippen LogP contribution in [0.4, 0.5) is 0 Å². The molecule has 2 aromatic rings. The summed E-state index contributed by atoms with van der Waals surface area (Å²) in [6, 6.07) is 16.2. The molecule has 168 valence electrons. The lowest BCUT2D eigenvalue weighted by atomic mass is 10.1. The standard InChI is InChI=1S/C24H33N3O3S/c1-3-25-24(26-12-14-31(28)18-20-7-5-4-6-8-20)27-16-21-10-9-19(2)15-23(21)30-22-11-13-29-17-22/h4-10,15,22H,3,11-14,16-18H2,1-2H3,(H2,25,26,27). The molecule has 3 rings (SSSR count). The van der Waals surface area contributed by atoms with Crippen LogP contribution >= 0.6 is 0 Å². The summed E-state index contributed by atoms with van der Waals surface area (Å²) in [6.07, 6.45) is 1.02. The Labute approximate surface area is 187 Å². The van der Waals surface area contributed by atoms with Crippen LogP contribution in [-0.2, 0) is 27.8 Å². The van der Waals surface area contributed by atoms with Crippen molar-refractivity contribution in [3.63, 3.8) is 0 Å². The summed E-state index contributed by atoms with van der Waals surface area (Å²) in [5, 5.41) is 6.56. The van der Waals surface area contributed by atoms with E-state index < -0.39 is 10.8 Å². The molecule has 0 spiro atoms. The lowest BCUT2D eigenvalue weighted by Crippen LogP contribution is -2.39. The Morgan fingerprint density at radius 3 is 2.81 bits per heavy atom. The number of hydrogen-bond acceptors (Lipinski definition) is 4. The van der Waals surface area contributed by atoms with Crippen LogP contribution in [0.2, 0.25) is 0 Å². The van der Waals surface area contributed by atoms with E-state index in [2.05, 4.69) is 35.8 Å². The lowest BCUT2D eigenvalue weighted by molar-refractivity contribution is 0.140. The molecule has 2 aromatic carbocycles. The van der Waals surface area contributed by atoms with Crippen LogP contribution in [0.5, 0.6) is 5.75 Å². The smallest absolute Gasteiger partial charge is 0.191 e. The fourth-order valence-electron chi connectivity index (χ4n) is 3.31. The first-order valence-corrected chi connectivity index (χ1v) is 12.4. The highest BCUT2D eigenvalue weighted by atomic mass is 32.2. The Kier molecular flexibility index (Phi) is 9.37. The van der Waals surface area contributed by atoms with Gasteiger partial charge in [-0.3, -0.25) is 4.21 Å². The number of guanidine groups is 1. The normalized spacial score (nSPS) is 17.4. The number of hydrogen-bond donors (Lipinski definition) is 2. The molecular formula is C24H33N3O3S. The first-order valence-electron chi connectivity index (χ1n) is 10.9. The van der Waals surface area contributed by atoms with E-state index in [1.807, 2.05) is 37.3 Å². The van der Waals surface area contributed by atoms with E-state index in [0.717, 1.165) is 48.0 Å². The maximum absolute atomic E-state index is 12.4. The topological polar surface area (TPSA) is 72.0 Å². The molecule has 1 aliphatic rings. The van der Waals surface area contributed by atoms with Gasteiger partial charge in [0.1, 0.15) is 11.9 Å². The Hall–Kier alpha value is -2.38. The molecule has 1 fully saturated rings. The first kappa shape index (κ1) is 23.3. The molecule has 0 bridgehead atoms. The number of aryl methyl sites for hydroxylation is 1. The summed E-state index contributed by atoms with van der Waals surface area (Å²) in [5.41, 5.74) is 3.30. The number of aliphatic imine (C=N–C) groups is 1. The summed E-state index contributed by atoms with van der Waals surface area (Å²) in [5.74, 6) is 2.74. The van der Waals surface area contributed by atoms with Gasteiger partial charge in [-0.2, -0.15) is 0 Å². The van der Waals surface area contributed by atoms with Crippen molar-refractivity contribution in [1.82, 2.24) is 10.6 Å². The second-order valence-electron chi connectivity index (χ2n) is 7.61. The van der Waals surface area contributed by atoms with Crippen LogP contribution in [0.15, 0.2) is 53.5 Å². The highest BCUT2D eigenvalue weighted by molar-refractivity contribution is 7.84. The highest BCUT2D eigenvalue weighted by Crippen LogP contribution is 2.24. The van der Waals surface area contributed by atoms with E-state index >= 15 is 0 Å². The zero-order chi connectivity index (χ0) is 21.9. The molecule has 2 unspecified atom stereocenters. The minimum absolute atomic E-state index is 0.107. The fraction of sp³-hybridized carbons (Fsp3) is 0.458. The average molecular weight is 444 g/mol. The van der Waals surface area contributed by atoms with E-state index in [1.165, 1.54) is 0 Å². The summed E-state index contributed by atoms with van der Waals surface area (Å²) in [7, 11) is -0.918. The third-order valence-corrected chi connectivity index (χ3v) is 6.26. The molecule has 0 saturated carbocycles. The van der Waals surface area contributed by atoms with Crippen molar-refractivity contribution in [2.75, 3.05) is 32.1 Å². The average Bonchev–Trinajstić information content (AvgIpc) is 3.27. The van der Waals surface area contributed by atoms with Gasteiger partial charge in [0.25, 0.3) is 0 Å². The quantitative estimate of drug-likeness (QED) is 0.436. The van der Waals surface area contributed by atoms with Crippen molar-refractivity contribution in [3.05, 3.63) is 65.2 Å². The van der Waals surface area contributed by atoms with Crippen molar-refractivity contribution >= 4 is 16.8 Å². The number of nitrogens with zero attached hydrogens (tertiary/aromatic N) is 1. The van der Waals surface area contributed by atoms with Crippen molar-refractivity contribution in [2.24, 2.45) is 4.99 Å². The van der Waals surface area contributed by atoms with Crippen LogP contribution in [0.25, 0.3) is 0 Å². The molecular weight excluding hydrogens is 410 g/mol. The molecule has 0 aromatic heterocycles. The maximum atomic E-state index is 12.4. The summed E-state index contributed by atoms with van der Waals surface area (Å²) >= 11 is 0. The van der Waals surface area contributed by atoms with Crippen molar-refractivity contribution in [1.29, 1.82) is 0 Å². The van der Waals surface area contributed by atoms with Gasteiger partial charge in [0.2, 0.25) is 0 Å². The van der Waals surface area contributed by atoms with Gasteiger partial charge in [-0.05, 0) is 31.0 Å². The van der Waals surface area contributed by atoms with Crippen LogP contribution < -0.4 is 15.4 Å². The Morgan fingerprint density at radius 2 is 2.06 bits per heavy atom. The Balaban J connectivity index is 1.54. The molecule has 7 heteroatoms. The van der Waals surface area contributed by atoms with Crippen LogP contribution in [0, 0.1) is 6.92 Å². The van der Waals surface area contributed by atoms with Gasteiger partial charge in [-0.15, -0.1) is 0 Å². The maximum Gasteiger partial charge on any atom is 0.191 e. The van der Waals surface area contributed by atoms with Crippen LogP contribution in [0.3, 0.4) is 0 Å². The molecule has 0 amide bonds. The third kappa shape index (κ3) is 7.99. The second-order valence-corrected chi connectivity index (χ2v) is 9.19. The number of benzene rings is 2. The number of nitrogens with one attached hydrogen (secondary N) is 2. The third-order valence-electron chi connectivity index (χ3n) is 4.95. The van der Waals surface area contributed by atoms with Crippen molar-refractivity contribution < 1.29 is 13.7 Å². The molecule has 1 heterocycles. The Bertz CT molecular complexity index is 868. The summed E-state index contributed by atoms with van der Waals surface area (Å²) in [4.78, 5) is 4.71. The van der Waals surface area contributed by atoms with Gasteiger partial charge in [0.15, 0.2) is 5.96 Å². The molecule has 2 N–H and O–H groups in total. The van der Waals surface area contributed by atoms with Gasteiger partial charge in [-0.1, -0.05) is 42.5 Å². The largest absolute Gasteiger partial charge is 0.488 e. The van der Waals surface area contributed by atoms with Gasteiger partial charge >= 0.3 is 0 Å². The minimum atomic E-state index is -0.918. The van der Waals surface area contributed by atoms with E-state index in [4.69, 9.17) is 14.5 Å². The van der Waals surface area contributed by atoms with Gasteiger partial charge < -0.3 is 20.1 Å². The van der Waals surface area contributed by atoms with Crippen molar-refractivity contribution in [3.8, 4) is 5.75 Å². The SMILES string of the molecule is CCNC(=NCc1ccc(C)cc1OC1CCOC1)NCCS(=O)Cc1ccccc1. The molecule has 2 atom stereocenters. The fourth-order valence-corrected chi connectivity index (χ4v) is 4.35. The van der Waals surface area contributed by atoms with Gasteiger partial charge in [0, 0.05) is 47.4 Å². The summed E-state index contributed by atoms with van der Waals surface area (Å²) < 4.78 is 24.0. The van der Waals surface area contributed by atoms with Gasteiger partial charge in [-0.25, -0.2) is 4.99 Å². The molecule has 0 aliphatic carbocycles. The minimum Gasteiger partial charge on any atom is -0.488 e. The molecule has 0 radical (unpaired) electrons. The van der Waals surface area contributed by atoms with E-state index in [1.54, 1.807) is 0 Å². The lowest BCUT2D eigenvalue weighted by Gasteiger charge is -2.16. The van der Waals surface area contributed by atoms with Gasteiger partial charge in [0.05, 0.1) is 19.8 Å².